The lowest BCUT2D eigenvalue weighted by Gasteiger charge is -2.33. The third-order valence-electron chi connectivity index (χ3n) is 3.88. The fourth-order valence-electron chi connectivity index (χ4n) is 2.31. The van der Waals surface area contributed by atoms with E-state index in [0.717, 1.165) is 19.5 Å². The second-order valence-electron chi connectivity index (χ2n) is 6.91. The summed E-state index contributed by atoms with van der Waals surface area (Å²) in [5.41, 5.74) is 2.76. The van der Waals surface area contributed by atoms with Gasteiger partial charge in [0.1, 0.15) is 0 Å². The zero-order valence-corrected chi connectivity index (χ0v) is 14.7. The van der Waals surface area contributed by atoms with E-state index < -0.39 is 0 Å². The van der Waals surface area contributed by atoms with Crippen molar-refractivity contribution < 1.29 is 0 Å². The topological polar surface area (TPSA) is 28.2 Å². The van der Waals surface area contributed by atoms with Crippen LogP contribution in [-0.4, -0.2) is 23.1 Å². The van der Waals surface area contributed by atoms with Gasteiger partial charge < -0.3 is 10.2 Å². The highest BCUT2D eigenvalue weighted by atomic mass is 15.2. The van der Waals surface area contributed by atoms with Crippen molar-refractivity contribution in [2.75, 3.05) is 11.4 Å². The van der Waals surface area contributed by atoms with Crippen molar-refractivity contribution in [3.63, 3.8) is 0 Å². The number of unbranched alkanes of at least 4 members (excludes halogenated alkanes) is 1. The Labute approximate surface area is 131 Å². The highest BCUT2D eigenvalue weighted by Gasteiger charge is 2.17. The van der Waals surface area contributed by atoms with E-state index in [-0.39, 0.29) is 5.54 Å². The lowest BCUT2D eigenvalue weighted by Crippen LogP contribution is -2.37. The van der Waals surface area contributed by atoms with Crippen molar-refractivity contribution >= 4 is 5.69 Å². The van der Waals surface area contributed by atoms with Crippen molar-refractivity contribution in [2.24, 2.45) is 0 Å². The van der Waals surface area contributed by atoms with Crippen molar-refractivity contribution in [1.82, 2.24) is 10.3 Å². The average molecular weight is 291 g/mol. The molecule has 0 aromatic carbocycles. The van der Waals surface area contributed by atoms with Crippen LogP contribution in [0.25, 0.3) is 0 Å². The summed E-state index contributed by atoms with van der Waals surface area (Å²) < 4.78 is 0. The predicted molar refractivity (Wildman–Crippen MR) is 92.8 cm³/mol. The van der Waals surface area contributed by atoms with Gasteiger partial charge in [-0.15, -0.1) is 0 Å². The number of nitrogens with one attached hydrogen (secondary N) is 1. The van der Waals surface area contributed by atoms with Gasteiger partial charge in [-0.3, -0.25) is 4.98 Å². The lowest BCUT2D eigenvalue weighted by molar-refractivity contribution is 0.423. The first-order valence-corrected chi connectivity index (χ1v) is 8.33. The smallest absolute Gasteiger partial charge is 0.0600 e. The van der Waals surface area contributed by atoms with Crippen LogP contribution >= 0.6 is 0 Å². The van der Waals surface area contributed by atoms with E-state index >= 15 is 0 Å². The third-order valence-corrected chi connectivity index (χ3v) is 3.88. The Morgan fingerprint density at radius 2 is 2.00 bits per heavy atom. The van der Waals surface area contributed by atoms with Crippen LogP contribution in [0.5, 0.6) is 0 Å². The molecular weight excluding hydrogens is 258 g/mol. The number of nitrogens with zero attached hydrogens (tertiary/aromatic N) is 2. The minimum atomic E-state index is 0.130. The van der Waals surface area contributed by atoms with Gasteiger partial charge in [-0.05, 0) is 52.2 Å². The normalized spacial score (nSPS) is 13.2. The molecule has 0 aliphatic heterocycles. The van der Waals surface area contributed by atoms with E-state index in [2.05, 4.69) is 62.8 Å². The van der Waals surface area contributed by atoms with E-state index in [0.29, 0.717) is 6.04 Å². The molecule has 1 atom stereocenters. The minimum absolute atomic E-state index is 0.130. The molecule has 0 aliphatic carbocycles. The molecule has 1 unspecified atom stereocenters. The molecule has 21 heavy (non-hydrogen) atoms. The maximum atomic E-state index is 4.37. The molecule has 120 valence electrons. The number of pyridine rings is 1. The molecule has 0 fully saturated rings. The Balaban J connectivity index is 2.96. The Morgan fingerprint density at radius 1 is 1.29 bits per heavy atom. The van der Waals surface area contributed by atoms with Crippen LogP contribution in [0.15, 0.2) is 18.5 Å². The fourth-order valence-corrected chi connectivity index (χ4v) is 2.31. The van der Waals surface area contributed by atoms with Gasteiger partial charge in [-0.25, -0.2) is 0 Å². The van der Waals surface area contributed by atoms with Crippen LogP contribution < -0.4 is 10.2 Å². The molecule has 1 N–H and O–H groups in total. The molecule has 1 aromatic heterocycles. The van der Waals surface area contributed by atoms with Gasteiger partial charge in [0.25, 0.3) is 0 Å². The van der Waals surface area contributed by atoms with Gasteiger partial charge in [0.05, 0.1) is 11.9 Å². The van der Waals surface area contributed by atoms with E-state index in [4.69, 9.17) is 0 Å². The summed E-state index contributed by atoms with van der Waals surface area (Å²) in [6, 6.07) is 2.70. The molecular formula is C18H33N3. The molecule has 0 bridgehead atoms. The quantitative estimate of drug-likeness (QED) is 0.770. The Bertz CT molecular complexity index is 409. The largest absolute Gasteiger partial charge is 0.367 e. The molecule has 0 saturated carbocycles. The summed E-state index contributed by atoms with van der Waals surface area (Å²) in [5, 5.41) is 3.59. The number of hydrogen-bond acceptors (Lipinski definition) is 3. The van der Waals surface area contributed by atoms with Crippen molar-refractivity contribution in [2.45, 2.75) is 78.9 Å². The zero-order chi connectivity index (χ0) is 15.9. The van der Waals surface area contributed by atoms with Crippen LogP contribution in [-0.2, 0) is 6.54 Å². The molecule has 0 spiro atoms. The van der Waals surface area contributed by atoms with E-state index in [9.17, 15) is 0 Å². The SMILES string of the molecule is CCCCN(c1cnccc1CNC(C)(C)C)C(C)CC. The van der Waals surface area contributed by atoms with Gasteiger partial charge in [-0.2, -0.15) is 0 Å². The maximum absolute atomic E-state index is 4.37. The highest BCUT2D eigenvalue weighted by molar-refractivity contribution is 5.52. The van der Waals surface area contributed by atoms with Crippen LogP contribution in [0.2, 0.25) is 0 Å². The summed E-state index contributed by atoms with van der Waals surface area (Å²) in [5.74, 6) is 0. The van der Waals surface area contributed by atoms with Gasteiger partial charge in [0.15, 0.2) is 0 Å². The maximum Gasteiger partial charge on any atom is 0.0600 e. The fraction of sp³-hybridized carbons (Fsp3) is 0.722. The molecule has 0 aliphatic rings. The molecule has 3 nitrogen and oxygen atoms in total. The summed E-state index contributed by atoms with van der Waals surface area (Å²) in [6.45, 7) is 15.4. The predicted octanol–water partition coefficient (Wildman–Crippen LogP) is 4.37. The van der Waals surface area contributed by atoms with Crippen LogP contribution in [0.4, 0.5) is 5.69 Å². The average Bonchev–Trinajstić information content (AvgIpc) is 2.45. The third kappa shape index (κ3) is 6.04. The van der Waals surface area contributed by atoms with Crippen molar-refractivity contribution in [3.05, 3.63) is 24.0 Å². The van der Waals surface area contributed by atoms with E-state index in [1.807, 2.05) is 12.4 Å². The first-order valence-electron chi connectivity index (χ1n) is 8.33. The first-order chi connectivity index (χ1) is 9.89. The molecule has 0 radical (unpaired) electrons. The summed E-state index contributed by atoms with van der Waals surface area (Å²) in [6.07, 6.45) is 7.54. The van der Waals surface area contributed by atoms with Gasteiger partial charge in [-0.1, -0.05) is 20.3 Å². The number of anilines is 1. The second-order valence-corrected chi connectivity index (χ2v) is 6.91. The van der Waals surface area contributed by atoms with Crippen molar-refractivity contribution in [3.8, 4) is 0 Å². The van der Waals surface area contributed by atoms with Crippen LogP contribution in [0.3, 0.4) is 0 Å². The van der Waals surface area contributed by atoms with E-state index in [1.165, 1.54) is 24.1 Å². The molecule has 0 amide bonds. The monoisotopic (exact) mass is 291 g/mol. The number of rotatable bonds is 8. The summed E-state index contributed by atoms with van der Waals surface area (Å²) in [7, 11) is 0. The van der Waals surface area contributed by atoms with E-state index in [1.54, 1.807) is 0 Å². The van der Waals surface area contributed by atoms with Gasteiger partial charge >= 0.3 is 0 Å². The Hall–Kier alpha value is -1.09. The number of aromatic nitrogens is 1. The van der Waals surface area contributed by atoms with Crippen LogP contribution in [0, 0.1) is 0 Å². The molecule has 0 saturated heterocycles. The van der Waals surface area contributed by atoms with Gasteiger partial charge in [0, 0.05) is 30.9 Å². The Kier molecular flexibility index (Phi) is 7.16. The molecule has 1 heterocycles. The van der Waals surface area contributed by atoms with Crippen LogP contribution in [0.1, 0.15) is 66.4 Å². The van der Waals surface area contributed by atoms with Gasteiger partial charge in [0.2, 0.25) is 0 Å². The lowest BCUT2D eigenvalue weighted by atomic mass is 10.1. The first kappa shape index (κ1) is 18.0. The summed E-state index contributed by atoms with van der Waals surface area (Å²) in [4.78, 5) is 6.89. The van der Waals surface area contributed by atoms with Crippen molar-refractivity contribution in [1.29, 1.82) is 0 Å². The molecule has 3 heteroatoms. The second kappa shape index (κ2) is 8.38. The Morgan fingerprint density at radius 3 is 2.57 bits per heavy atom. The molecule has 1 aromatic rings. The highest BCUT2D eigenvalue weighted by Crippen LogP contribution is 2.23. The number of hydrogen-bond donors (Lipinski definition) is 1. The summed E-state index contributed by atoms with van der Waals surface area (Å²) >= 11 is 0. The molecule has 1 rings (SSSR count). The standard InChI is InChI=1S/C18H33N3/c1-7-9-12-21(15(3)8-2)17-14-19-11-10-16(17)13-20-18(4,5)6/h10-11,14-15,20H,7-9,12-13H2,1-6H3. The zero-order valence-electron chi connectivity index (χ0n) is 14.7. The minimum Gasteiger partial charge on any atom is -0.367 e.